The molecule has 2 amide bonds. The van der Waals surface area contributed by atoms with Crippen molar-refractivity contribution >= 4 is 19.6 Å². The van der Waals surface area contributed by atoms with Crippen molar-refractivity contribution in [1.29, 1.82) is 0 Å². The molecule has 1 saturated heterocycles. The molecule has 0 spiro atoms. The number of nitrogens with zero attached hydrogens (tertiary/aromatic N) is 2. The van der Waals surface area contributed by atoms with Crippen LogP contribution in [0, 0.1) is 11.8 Å². The van der Waals surface area contributed by atoms with Crippen molar-refractivity contribution < 1.29 is 19.4 Å². The zero-order valence-corrected chi connectivity index (χ0v) is 12.4. The van der Waals surface area contributed by atoms with Crippen LogP contribution in [0.2, 0.25) is 0 Å². The molecule has 2 unspecified atom stereocenters. The van der Waals surface area contributed by atoms with Gasteiger partial charge in [-0.3, -0.25) is 0 Å². The van der Waals surface area contributed by atoms with Crippen molar-refractivity contribution in [1.82, 2.24) is 4.90 Å². The van der Waals surface area contributed by atoms with Crippen molar-refractivity contribution in [3.05, 3.63) is 0 Å². The van der Waals surface area contributed by atoms with E-state index in [0.29, 0.717) is 18.8 Å². The summed E-state index contributed by atoms with van der Waals surface area (Å²) in [4.78, 5) is 28.8. The second-order valence-electron chi connectivity index (χ2n) is 5.91. The number of hydrogen-bond donors (Lipinski definition) is 1. The van der Waals surface area contributed by atoms with Crippen LogP contribution in [0.5, 0.6) is 0 Å². The van der Waals surface area contributed by atoms with Crippen LogP contribution >= 0.6 is 0 Å². The third-order valence-corrected chi connectivity index (χ3v) is 4.18. The standard InChI is InChI=1S/C14H22BN2O4/c1-2-3-4-11(18)10(7-9-5-6-9)13(19)17-12(16-15)8-21-14(17)20/h9-12,18H,2-8H2,1H3/t10-,11?,12?/m1/s1. The fraction of sp³-hybridized carbons (Fsp3) is 0.857. The molecule has 0 aromatic carbocycles. The van der Waals surface area contributed by atoms with Gasteiger partial charge in [0.15, 0.2) is 0 Å². The Balaban J connectivity index is 2.08. The van der Waals surface area contributed by atoms with Crippen molar-refractivity contribution in [2.45, 2.75) is 57.7 Å². The Morgan fingerprint density at radius 3 is 2.86 bits per heavy atom. The molecule has 0 bridgehead atoms. The molecule has 1 saturated carbocycles. The van der Waals surface area contributed by atoms with E-state index in [0.717, 1.165) is 30.6 Å². The molecule has 2 fully saturated rings. The van der Waals surface area contributed by atoms with Gasteiger partial charge in [0.1, 0.15) is 0 Å². The molecular formula is C14H22BN2O4. The van der Waals surface area contributed by atoms with Crippen molar-refractivity contribution in [3.8, 4) is 0 Å². The molecule has 21 heavy (non-hydrogen) atoms. The van der Waals surface area contributed by atoms with Gasteiger partial charge in [-0.05, 0) is 0 Å². The molecule has 115 valence electrons. The number of amides is 2. The van der Waals surface area contributed by atoms with Crippen LogP contribution in [-0.2, 0) is 9.53 Å². The first kappa shape index (κ1) is 16.1. The second-order valence-corrected chi connectivity index (χ2v) is 5.91. The monoisotopic (exact) mass is 293 g/mol. The number of hydrogen-bond acceptors (Lipinski definition) is 5. The fourth-order valence-electron chi connectivity index (χ4n) is 2.69. The molecule has 1 N–H and O–H groups in total. The van der Waals surface area contributed by atoms with Gasteiger partial charge in [0.2, 0.25) is 0 Å². The van der Waals surface area contributed by atoms with E-state index in [4.69, 9.17) is 12.4 Å². The number of aliphatic hydroxyl groups excluding tert-OH is 1. The zero-order valence-electron chi connectivity index (χ0n) is 12.4. The van der Waals surface area contributed by atoms with Gasteiger partial charge in [0.25, 0.3) is 0 Å². The Kier molecular flexibility index (Phi) is 5.50. The first-order valence-electron chi connectivity index (χ1n) is 7.66. The van der Waals surface area contributed by atoms with Crippen LogP contribution in [0.15, 0.2) is 4.90 Å². The van der Waals surface area contributed by atoms with E-state index in [-0.39, 0.29) is 6.61 Å². The minimum absolute atomic E-state index is 0.0116. The van der Waals surface area contributed by atoms with E-state index in [1.807, 2.05) is 6.92 Å². The van der Waals surface area contributed by atoms with Gasteiger partial charge < -0.3 is 0 Å². The number of aliphatic hydroxyl groups is 1. The fourth-order valence-corrected chi connectivity index (χ4v) is 2.69. The molecule has 1 heterocycles. The van der Waals surface area contributed by atoms with Gasteiger partial charge >= 0.3 is 125 Å². The first-order valence-corrected chi connectivity index (χ1v) is 7.66. The summed E-state index contributed by atoms with van der Waals surface area (Å²) in [6.07, 6.45) is 2.92. The molecule has 1 radical (unpaired) electrons. The molecule has 0 aromatic heterocycles. The Hall–Kier alpha value is -1.24. The predicted octanol–water partition coefficient (Wildman–Crippen LogP) is 1.61. The van der Waals surface area contributed by atoms with Crippen LogP contribution in [0.25, 0.3) is 0 Å². The first-order chi connectivity index (χ1) is 10.1. The van der Waals surface area contributed by atoms with Crippen molar-refractivity contribution in [2.75, 3.05) is 6.61 Å². The molecule has 1 aliphatic carbocycles. The summed E-state index contributed by atoms with van der Waals surface area (Å²) in [6, 6.07) is 0. The third kappa shape index (κ3) is 3.90. The Labute approximate surface area is 126 Å². The molecule has 2 aliphatic rings. The van der Waals surface area contributed by atoms with Crippen molar-refractivity contribution in [2.24, 2.45) is 16.7 Å². The number of cyclic esters (lactones) is 1. The summed E-state index contributed by atoms with van der Waals surface area (Å²) >= 11 is 0. The number of ether oxygens (including phenoxy) is 1. The topological polar surface area (TPSA) is 79.2 Å². The summed E-state index contributed by atoms with van der Waals surface area (Å²) in [5.41, 5.74) is 0. The molecule has 2 rings (SSSR count). The molecular weight excluding hydrogens is 271 g/mol. The van der Waals surface area contributed by atoms with Crippen LogP contribution in [0.3, 0.4) is 0 Å². The van der Waals surface area contributed by atoms with Gasteiger partial charge in [0.05, 0.1) is 0 Å². The molecule has 6 nitrogen and oxygen atoms in total. The quantitative estimate of drug-likeness (QED) is 0.689. The normalized spacial score (nSPS) is 24.5. The summed E-state index contributed by atoms with van der Waals surface area (Å²) in [6.45, 7) is 2.02. The van der Waals surface area contributed by atoms with Crippen LogP contribution < -0.4 is 0 Å². The van der Waals surface area contributed by atoms with Crippen molar-refractivity contribution in [3.63, 3.8) is 0 Å². The molecule has 7 heteroatoms. The SMILES string of the molecule is [B]=NC1COC(=O)N1C(=O)[C@H](CC1CC1)C(O)CCCC. The van der Waals surface area contributed by atoms with E-state index in [9.17, 15) is 14.7 Å². The zero-order chi connectivity index (χ0) is 15.4. The molecule has 0 aromatic rings. The van der Waals surface area contributed by atoms with Crippen LogP contribution in [0.4, 0.5) is 4.79 Å². The maximum absolute atomic E-state index is 12.6. The number of imide groups is 1. The Bertz CT molecular complexity index is 414. The van der Waals surface area contributed by atoms with Gasteiger partial charge in [-0.1, -0.05) is 0 Å². The van der Waals surface area contributed by atoms with Crippen LogP contribution in [-0.4, -0.2) is 48.5 Å². The van der Waals surface area contributed by atoms with E-state index in [1.54, 1.807) is 0 Å². The minimum atomic E-state index is -0.773. The van der Waals surface area contributed by atoms with Gasteiger partial charge in [-0.25, -0.2) is 0 Å². The predicted molar refractivity (Wildman–Crippen MR) is 76.5 cm³/mol. The summed E-state index contributed by atoms with van der Waals surface area (Å²) in [5, 5.41) is 10.3. The number of carbonyl (C=O) groups excluding carboxylic acids is 2. The van der Waals surface area contributed by atoms with Gasteiger partial charge in [-0.15, -0.1) is 0 Å². The number of rotatable bonds is 8. The Morgan fingerprint density at radius 2 is 2.29 bits per heavy atom. The number of carbonyl (C=O) groups is 2. The summed E-state index contributed by atoms with van der Waals surface area (Å²) in [7, 11) is 5.23. The van der Waals surface area contributed by atoms with E-state index < -0.39 is 30.2 Å². The number of unbranched alkanes of at least 4 members (excludes halogenated alkanes) is 1. The maximum atomic E-state index is 12.6. The van der Waals surface area contributed by atoms with E-state index >= 15 is 0 Å². The van der Waals surface area contributed by atoms with Gasteiger partial charge in [0, 0.05) is 0 Å². The average Bonchev–Trinajstić information content (AvgIpc) is 3.22. The van der Waals surface area contributed by atoms with E-state index in [1.165, 1.54) is 0 Å². The molecule has 3 atom stereocenters. The third-order valence-electron chi connectivity index (χ3n) is 4.18. The van der Waals surface area contributed by atoms with Gasteiger partial charge in [-0.2, -0.15) is 0 Å². The Morgan fingerprint density at radius 1 is 1.57 bits per heavy atom. The van der Waals surface area contributed by atoms with Crippen LogP contribution in [0.1, 0.15) is 45.4 Å². The summed E-state index contributed by atoms with van der Waals surface area (Å²) in [5.74, 6) is -0.506. The molecule has 1 aliphatic heterocycles. The second kappa shape index (κ2) is 7.16. The summed E-state index contributed by atoms with van der Waals surface area (Å²) < 4.78 is 4.83. The van der Waals surface area contributed by atoms with E-state index in [2.05, 4.69) is 4.90 Å². The average molecular weight is 293 g/mol.